The zero-order valence-corrected chi connectivity index (χ0v) is 18.9. The minimum atomic E-state index is -0.649. The summed E-state index contributed by atoms with van der Waals surface area (Å²) in [7, 11) is 1.63. The van der Waals surface area contributed by atoms with E-state index in [1.807, 2.05) is 25.1 Å². The third-order valence-corrected chi connectivity index (χ3v) is 5.29. The zero-order valence-electron chi connectivity index (χ0n) is 18.9. The monoisotopic (exact) mass is 461 g/mol. The molecule has 0 aliphatic carbocycles. The summed E-state index contributed by atoms with van der Waals surface area (Å²) in [4.78, 5) is 18.5. The maximum Gasteiger partial charge on any atom is 0.224 e. The van der Waals surface area contributed by atoms with Gasteiger partial charge < -0.3 is 16.0 Å². The zero-order chi connectivity index (χ0) is 24.1. The molecule has 0 radical (unpaired) electrons. The molecule has 174 valence electrons. The Morgan fingerprint density at radius 2 is 1.76 bits per heavy atom. The van der Waals surface area contributed by atoms with Crippen LogP contribution in [0.3, 0.4) is 0 Å². The largest absolute Gasteiger partial charge is 0.351 e. The van der Waals surface area contributed by atoms with Gasteiger partial charge in [0.2, 0.25) is 5.95 Å². The van der Waals surface area contributed by atoms with E-state index in [1.165, 1.54) is 11.0 Å². The Balaban J connectivity index is 1.53. The molecule has 0 aliphatic heterocycles. The Bertz CT molecular complexity index is 1280. The second-order valence-electron chi connectivity index (χ2n) is 7.92. The second kappa shape index (κ2) is 10.3. The molecule has 0 fully saturated rings. The molecule has 1 atom stereocenters. The summed E-state index contributed by atoms with van der Waals surface area (Å²) in [6.45, 7) is 2.52. The average Bonchev–Trinajstić information content (AvgIpc) is 2.84. The van der Waals surface area contributed by atoms with Gasteiger partial charge in [-0.15, -0.1) is 0 Å². The lowest BCUT2D eigenvalue weighted by atomic mass is 10.0. The van der Waals surface area contributed by atoms with Crippen molar-refractivity contribution in [2.75, 3.05) is 17.3 Å². The van der Waals surface area contributed by atoms with Gasteiger partial charge in [0.1, 0.15) is 11.6 Å². The molecule has 7 nitrogen and oxygen atoms in total. The normalized spacial score (nSPS) is 11.8. The van der Waals surface area contributed by atoms with Gasteiger partial charge in [-0.2, -0.15) is 4.98 Å². The minimum absolute atomic E-state index is 0.0236. The highest BCUT2D eigenvalue weighted by Gasteiger charge is 2.17. The molecule has 0 aliphatic rings. The van der Waals surface area contributed by atoms with Gasteiger partial charge in [-0.25, -0.2) is 23.7 Å². The molecule has 0 saturated carbocycles. The molecule has 2 heterocycles. The number of aromatic nitrogens is 4. The fourth-order valence-electron chi connectivity index (χ4n) is 3.59. The molecule has 9 heteroatoms. The van der Waals surface area contributed by atoms with Crippen LogP contribution in [0, 0.1) is 11.6 Å². The van der Waals surface area contributed by atoms with Gasteiger partial charge in [0, 0.05) is 25.8 Å². The van der Waals surface area contributed by atoms with E-state index in [0.717, 1.165) is 23.7 Å². The summed E-state index contributed by atoms with van der Waals surface area (Å²) in [5, 5.41) is 3.28. The lowest BCUT2D eigenvalue weighted by Gasteiger charge is -2.20. The smallest absolute Gasteiger partial charge is 0.224 e. The fourth-order valence-corrected chi connectivity index (χ4v) is 3.59. The molecule has 0 amide bonds. The van der Waals surface area contributed by atoms with Crippen LogP contribution in [0.1, 0.15) is 18.1 Å². The van der Waals surface area contributed by atoms with Gasteiger partial charge in [0.15, 0.2) is 17.5 Å². The molecule has 4 aromatic rings. The van der Waals surface area contributed by atoms with E-state index in [0.29, 0.717) is 18.3 Å². The minimum Gasteiger partial charge on any atom is -0.351 e. The Morgan fingerprint density at radius 3 is 2.56 bits per heavy atom. The van der Waals surface area contributed by atoms with Crippen LogP contribution in [0.15, 0.2) is 67.0 Å². The number of hydrogen-bond donors (Lipinski definition) is 2. The van der Waals surface area contributed by atoms with E-state index < -0.39 is 11.6 Å². The van der Waals surface area contributed by atoms with Gasteiger partial charge in [0.05, 0.1) is 11.8 Å². The molecule has 3 N–H and O–H groups in total. The Kier molecular flexibility index (Phi) is 7.03. The summed E-state index contributed by atoms with van der Waals surface area (Å²) in [6.07, 6.45) is 3.36. The first-order valence-corrected chi connectivity index (χ1v) is 10.8. The first-order valence-electron chi connectivity index (χ1n) is 10.8. The number of halogens is 2. The van der Waals surface area contributed by atoms with Crippen molar-refractivity contribution in [2.45, 2.75) is 25.9 Å². The molecule has 34 heavy (non-hydrogen) atoms. The van der Waals surface area contributed by atoms with E-state index in [-0.39, 0.29) is 23.2 Å². The SMILES string of the molecule is CC(Cc1cccc(CN)c1)Nc1nccc(N(C)c2nc(-c3ccccc3F)ncc2F)n1. The summed E-state index contributed by atoms with van der Waals surface area (Å²) in [5.41, 5.74) is 8.15. The Morgan fingerprint density at radius 1 is 0.971 bits per heavy atom. The highest BCUT2D eigenvalue weighted by atomic mass is 19.1. The molecule has 0 spiro atoms. The van der Waals surface area contributed by atoms with Gasteiger partial charge in [0.25, 0.3) is 0 Å². The summed E-state index contributed by atoms with van der Waals surface area (Å²) >= 11 is 0. The number of nitrogens with two attached hydrogens (primary N) is 1. The Hall–Kier alpha value is -3.98. The van der Waals surface area contributed by atoms with Crippen molar-refractivity contribution >= 4 is 17.6 Å². The molecule has 2 aromatic heterocycles. The van der Waals surface area contributed by atoms with Crippen LogP contribution < -0.4 is 16.0 Å². The van der Waals surface area contributed by atoms with E-state index in [2.05, 4.69) is 31.3 Å². The van der Waals surface area contributed by atoms with E-state index in [1.54, 1.807) is 37.5 Å². The number of anilines is 3. The third kappa shape index (κ3) is 5.32. The van der Waals surface area contributed by atoms with E-state index in [9.17, 15) is 8.78 Å². The van der Waals surface area contributed by atoms with Gasteiger partial charge in [-0.3, -0.25) is 0 Å². The molecule has 4 rings (SSSR count). The lowest BCUT2D eigenvalue weighted by molar-refractivity contribution is 0.611. The van der Waals surface area contributed by atoms with Crippen LogP contribution >= 0.6 is 0 Å². The maximum atomic E-state index is 14.6. The van der Waals surface area contributed by atoms with Gasteiger partial charge >= 0.3 is 0 Å². The van der Waals surface area contributed by atoms with Crippen LogP contribution in [0.5, 0.6) is 0 Å². The fraction of sp³-hybridized carbons (Fsp3) is 0.200. The standard InChI is InChI=1S/C25H25F2N7/c1-16(12-17-6-5-7-18(13-17)14-28)31-25-29-11-10-22(32-25)34(2)24-21(27)15-30-23(33-24)19-8-3-4-9-20(19)26/h3-11,13,15-16H,12,14,28H2,1-2H3,(H,29,31,32). The van der Waals surface area contributed by atoms with Crippen molar-refractivity contribution in [1.29, 1.82) is 0 Å². The molecular formula is C25H25F2N7. The van der Waals surface area contributed by atoms with Crippen molar-refractivity contribution in [2.24, 2.45) is 5.73 Å². The quantitative estimate of drug-likeness (QED) is 0.400. The topological polar surface area (TPSA) is 92.8 Å². The number of nitrogens with one attached hydrogen (secondary N) is 1. The molecule has 0 bridgehead atoms. The van der Waals surface area contributed by atoms with Crippen LogP contribution in [-0.4, -0.2) is 33.0 Å². The third-order valence-electron chi connectivity index (χ3n) is 5.29. The molecule has 1 unspecified atom stereocenters. The van der Waals surface area contributed by atoms with Crippen LogP contribution in [-0.2, 0) is 13.0 Å². The van der Waals surface area contributed by atoms with Crippen molar-refractivity contribution in [1.82, 2.24) is 19.9 Å². The van der Waals surface area contributed by atoms with Crippen LogP contribution in [0.2, 0.25) is 0 Å². The van der Waals surface area contributed by atoms with E-state index in [4.69, 9.17) is 5.73 Å². The first kappa shape index (κ1) is 23.2. The van der Waals surface area contributed by atoms with Crippen molar-refractivity contribution in [3.8, 4) is 11.4 Å². The maximum absolute atomic E-state index is 14.6. The first-order chi connectivity index (χ1) is 16.4. The van der Waals surface area contributed by atoms with E-state index >= 15 is 0 Å². The number of nitrogens with zero attached hydrogens (tertiary/aromatic N) is 5. The van der Waals surface area contributed by atoms with Crippen molar-refractivity contribution < 1.29 is 8.78 Å². The summed E-state index contributed by atoms with van der Waals surface area (Å²) in [5.74, 6) is -0.250. The highest BCUT2D eigenvalue weighted by Crippen LogP contribution is 2.26. The second-order valence-corrected chi connectivity index (χ2v) is 7.92. The van der Waals surface area contributed by atoms with Gasteiger partial charge in [-0.1, -0.05) is 36.4 Å². The number of rotatable bonds is 8. The predicted molar refractivity (Wildman–Crippen MR) is 129 cm³/mol. The molecule has 0 saturated heterocycles. The van der Waals surface area contributed by atoms with Crippen molar-refractivity contribution in [3.05, 3.63) is 89.8 Å². The summed E-state index contributed by atoms with van der Waals surface area (Å²) in [6, 6.07) is 15.9. The Labute approximate surface area is 196 Å². The lowest BCUT2D eigenvalue weighted by Crippen LogP contribution is -2.21. The highest BCUT2D eigenvalue weighted by molar-refractivity contribution is 5.62. The van der Waals surface area contributed by atoms with Gasteiger partial charge in [-0.05, 0) is 42.7 Å². The predicted octanol–water partition coefficient (Wildman–Crippen LogP) is 4.48. The van der Waals surface area contributed by atoms with Crippen LogP contribution in [0.25, 0.3) is 11.4 Å². The molecule has 2 aromatic carbocycles. The number of benzene rings is 2. The van der Waals surface area contributed by atoms with Crippen LogP contribution in [0.4, 0.5) is 26.4 Å². The average molecular weight is 462 g/mol. The molecular weight excluding hydrogens is 436 g/mol. The van der Waals surface area contributed by atoms with Crippen molar-refractivity contribution in [3.63, 3.8) is 0 Å². The number of hydrogen-bond acceptors (Lipinski definition) is 7. The summed E-state index contributed by atoms with van der Waals surface area (Å²) < 4.78 is 28.8.